The standard InChI is InChI=1S/C15H21NO2/c1-12(11-17)16-14(18)15(9-5-6-10-15)13-7-3-2-4-8-13/h2-4,7-8,12,17H,5-6,9-11H2,1H3,(H,16,18)/t12-/m0/s1. The first-order chi connectivity index (χ1) is 8.69. The zero-order chi connectivity index (χ0) is 13.0. The van der Waals surface area contributed by atoms with Gasteiger partial charge in [-0.3, -0.25) is 4.79 Å². The minimum atomic E-state index is -0.384. The molecule has 18 heavy (non-hydrogen) atoms. The van der Waals surface area contributed by atoms with Gasteiger partial charge in [0.15, 0.2) is 0 Å². The lowest BCUT2D eigenvalue weighted by molar-refractivity contribution is -0.127. The van der Waals surface area contributed by atoms with E-state index in [2.05, 4.69) is 5.32 Å². The maximum atomic E-state index is 12.5. The van der Waals surface area contributed by atoms with E-state index in [0.717, 1.165) is 31.2 Å². The van der Waals surface area contributed by atoms with E-state index in [-0.39, 0.29) is 24.0 Å². The zero-order valence-electron chi connectivity index (χ0n) is 10.9. The molecule has 0 saturated heterocycles. The molecule has 0 spiro atoms. The van der Waals surface area contributed by atoms with E-state index in [0.29, 0.717) is 0 Å². The molecule has 2 rings (SSSR count). The molecule has 1 aromatic carbocycles. The van der Waals surface area contributed by atoms with Crippen LogP contribution in [0.3, 0.4) is 0 Å². The van der Waals surface area contributed by atoms with E-state index in [1.807, 2.05) is 37.3 Å². The van der Waals surface area contributed by atoms with Crippen molar-refractivity contribution in [1.82, 2.24) is 5.32 Å². The molecule has 0 radical (unpaired) electrons. The summed E-state index contributed by atoms with van der Waals surface area (Å²) >= 11 is 0. The largest absolute Gasteiger partial charge is 0.394 e. The van der Waals surface area contributed by atoms with Crippen LogP contribution in [0.25, 0.3) is 0 Å². The Balaban J connectivity index is 2.25. The van der Waals surface area contributed by atoms with Crippen molar-refractivity contribution >= 4 is 5.91 Å². The van der Waals surface area contributed by atoms with Crippen LogP contribution in [0, 0.1) is 0 Å². The van der Waals surface area contributed by atoms with Crippen molar-refractivity contribution in [1.29, 1.82) is 0 Å². The van der Waals surface area contributed by atoms with Gasteiger partial charge in [0.1, 0.15) is 0 Å². The normalized spacial score (nSPS) is 19.4. The maximum absolute atomic E-state index is 12.5. The average molecular weight is 247 g/mol. The van der Waals surface area contributed by atoms with Crippen molar-refractivity contribution in [3.8, 4) is 0 Å². The van der Waals surface area contributed by atoms with Crippen LogP contribution in [0.4, 0.5) is 0 Å². The lowest BCUT2D eigenvalue weighted by Crippen LogP contribution is -2.47. The van der Waals surface area contributed by atoms with Crippen molar-refractivity contribution in [2.24, 2.45) is 0 Å². The summed E-state index contributed by atoms with van der Waals surface area (Å²) in [4.78, 5) is 12.5. The van der Waals surface area contributed by atoms with Crippen LogP contribution < -0.4 is 5.32 Å². The highest BCUT2D eigenvalue weighted by atomic mass is 16.3. The van der Waals surface area contributed by atoms with Gasteiger partial charge in [-0.05, 0) is 25.3 Å². The Labute approximate surface area is 108 Å². The summed E-state index contributed by atoms with van der Waals surface area (Å²) in [6.45, 7) is 1.81. The van der Waals surface area contributed by atoms with Crippen molar-refractivity contribution in [3.05, 3.63) is 35.9 Å². The van der Waals surface area contributed by atoms with E-state index in [1.165, 1.54) is 0 Å². The molecule has 1 saturated carbocycles. The molecule has 1 amide bonds. The third-order valence-corrected chi connectivity index (χ3v) is 3.87. The topological polar surface area (TPSA) is 49.3 Å². The van der Waals surface area contributed by atoms with Gasteiger partial charge in [-0.15, -0.1) is 0 Å². The summed E-state index contributed by atoms with van der Waals surface area (Å²) in [7, 11) is 0. The minimum Gasteiger partial charge on any atom is -0.394 e. The van der Waals surface area contributed by atoms with Crippen LogP contribution >= 0.6 is 0 Å². The average Bonchev–Trinajstić information content (AvgIpc) is 2.90. The van der Waals surface area contributed by atoms with Crippen LogP contribution in [-0.4, -0.2) is 23.7 Å². The number of rotatable bonds is 4. The number of hydrogen-bond acceptors (Lipinski definition) is 2. The molecule has 1 aliphatic rings. The molecular formula is C15H21NO2. The third kappa shape index (κ3) is 2.41. The molecule has 1 fully saturated rings. The first-order valence-corrected chi connectivity index (χ1v) is 6.66. The van der Waals surface area contributed by atoms with Crippen molar-refractivity contribution < 1.29 is 9.90 Å². The second kappa shape index (κ2) is 5.53. The smallest absolute Gasteiger partial charge is 0.230 e. The number of benzene rings is 1. The van der Waals surface area contributed by atoms with E-state index in [4.69, 9.17) is 5.11 Å². The molecule has 0 heterocycles. The Kier molecular flexibility index (Phi) is 4.02. The van der Waals surface area contributed by atoms with Crippen molar-refractivity contribution in [2.75, 3.05) is 6.61 Å². The first kappa shape index (κ1) is 13.1. The number of nitrogens with one attached hydrogen (secondary N) is 1. The van der Waals surface area contributed by atoms with Gasteiger partial charge in [0.2, 0.25) is 5.91 Å². The molecule has 0 aromatic heterocycles. The van der Waals surface area contributed by atoms with Gasteiger partial charge in [-0.2, -0.15) is 0 Å². The Morgan fingerprint density at radius 3 is 2.50 bits per heavy atom. The highest BCUT2D eigenvalue weighted by molar-refractivity contribution is 5.88. The molecule has 0 bridgehead atoms. The number of hydrogen-bond donors (Lipinski definition) is 2. The number of aliphatic hydroxyl groups excluding tert-OH is 1. The lowest BCUT2D eigenvalue weighted by Gasteiger charge is -2.29. The molecule has 98 valence electrons. The first-order valence-electron chi connectivity index (χ1n) is 6.66. The van der Waals surface area contributed by atoms with Gasteiger partial charge in [0.25, 0.3) is 0 Å². The predicted molar refractivity (Wildman–Crippen MR) is 71.3 cm³/mol. The van der Waals surface area contributed by atoms with Crippen LogP contribution in [0.2, 0.25) is 0 Å². The maximum Gasteiger partial charge on any atom is 0.230 e. The molecule has 0 unspecified atom stereocenters. The highest BCUT2D eigenvalue weighted by Gasteiger charge is 2.42. The fraction of sp³-hybridized carbons (Fsp3) is 0.533. The van der Waals surface area contributed by atoms with Gasteiger partial charge in [-0.1, -0.05) is 43.2 Å². The van der Waals surface area contributed by atoms with Crippen LogP contribution in [0.1, 0.15) is 38.2 Å². The third-order valence-electron chi connectivity index (χ3n) is 3.87. The van der Waals surface area contributed by atoms with E-state index in [1.54, 1.807) is 0 Å². The Bertz CT molecular complexity index is 396. The van der Waals surface area contributed by atoms with Gasteiger partial charge in [-0.25, -0.2) is 0 Å². The van der Waals surface area contributed by atoms with Crippen molar-refractivity contribution in [2.45, 2.75) is 44.1 Å². The lowest BCUT2D eigenvalue weighted by atomic mass is 9.78. The van der Waals surface area contributed by atoms with Crippen LogP contribution in [-0.2, 0) is 10.2 Å². The quantitative estimate of drug-likeness (QED) is 0.855. The highest BCUT2D eigenvalue weighted by Crippen LogP contribution is 2.41. The number of carbonyl (C=O) groups is 1. The van der Waals surface area contributed by atoms with Gasteiger partial charge in [0.05, 0.1) is 12.0 Å². The molecule has 1 aliphatic carbocycles. The summed E-state index contributed by atoms with van der Waals surface area (Å²) in [5, 5.41) is 12.0. The molecule has 2 N–H and O–H groups in total. The summed E-state index contributed by atoms with van der Waals surface area (Å²) in [6, 6.07) is 9.83. The molecule has 0 aliphatic heterocycles. The zero-order valence-corrected chi connectivity index (χ0v) is 10.9. The van der Waals surface area contributed by atoms with Crippen molar-refractivity contribution in [3.63, 3.8) is 0 Å². The van der Waals surface area contributed by atoms with Gasteiger partial charge >= 0.3 is 0 Å². The summed E-state index contributed by atoms with van der Waals surface area (Å²) < 4.78 is 0. The monoisotopic (exact) mass is 247 g/mol. The van der Waals surface area contributed by atoms with E-state index < -0.39 is 0 Å². The fourth-order valence-corrected chi connectivity index (χ4v) is 2.79. The Morgan fingerprint density at radius 1 is 1.33 bits per heavy atom. The number of amides is 1. The molecular weight excluding hydrogens is 226 g/mol. The van der Waals surface area contributed by atoms with Crippen LogP contribution in [0.15, 0.2) is 30.3 Å². The summed E-state index contributed by atoms with van der Waals surface area (Å²) in [5.74, 6) is 0.0627. The predicted octanol–water partition coefficient (Wildman–Crippen LogP) is 2.00. The summed E-state index contributed by atoms with van der Waals surface area (Å²) in [5.41, 5.74) is 0.718. The van der Waals surface area contributed by atoms with Gasteiger partial charge < -0.3 is 10.4 Å². The molecule has 1 aromatic rings. The number of aliphatic hydroxyl groups is 1. The Hall–Kier alpha value is -1.35. The second-order valence-electron chi connectivity index (χ2n) is 5.21. The molecule has 3 heteroatoms. The molecule has 1 atom stereocenters. The SMILES string of the molecule is C[C@@H](CO)NC(=O)C1(c2ccccc2)CCCC1. The van der Waals surface area contributed by atoms with E-state index in [9.17, 15) is 4.79 Å². The second-order valence-corrected chi connectivity index (χ2v) is 5.21. The summed E-state index contributed by atoms with van der Waals surface area (Å²) in [6.07, 6.45) is 3.99. The van der Waals surface area contributed by atoms with Crippen LogP contribution in [0.5, 0.6) is 0 Å². The van der Waals surface area contributed by atoms with Gasteiger partial charge in [0, 0.05) is 6.04 Å². The minimum absolute atomic E-state index is 0.0173. The number of carbonyl (C=O) groups excluding carboxylic acids is 1. The van der Waals surface area contributed by atoms with E-state index >= 15 is 0 Å². The Morgan fingerprint density at radius 2 is 1.94 bits per heavy atom. The fourth-order valence-electron chi connectivity index (χ4n) is 2.79. The molecule has 3 nitrogen and oxygen atoms in total.